The molecule has 0 aliphatic carbocycles. The van der Waals surface area contributed by atoms with Crippen molar-refractivity contribution >= 4 is 29.0 Å². The van der Waals surface area contributed by atoms with Crippen LogP contribution in [0.3, 0.4) is 0 Å². The van der Waals surface area contributed by atoms with Gasteiger partial charge in [-0.2, -0.15) is 11.3 Å². The summed E-state index contributed by atoms with van der Waals surface area (Å²) in [5.41, 5.74) is 1.43. The molecule has 0 aromatic carbocycles. The summed E-state index contributed by atoms with van der Waals surface area (Å²) in [7, 11) is 0. The Morgan fingerprint density at radius 1 is 1.36 bits per heavy atom. The maximum absolute atomic E-state index is 10.7. The van der Waals surface area contributed by atoms with Crippen LogP contribution in [0.25, 0.3) is 0 Å². The van der Waals surface area contributed by atoms with Gasteiger partial charge in [-0.3, -0.25) is 4.79 Å². The summed E-state index contributed by atoms with van der Waals surface area (Å²) < 4.78 is 0. The molecule has 0 radical (unpaired) electrons. The van der Waals surface area contributed by atoms with Crippen molar-refractivity contribution in [1.29, 1.82) is 0 Å². The molecule has 0 bridgehead atoms. The maximum atomic E-state index is 10.7. The van der Waals surface area contributed by atoms with Crippen LogP contribution in [0.4, 0.5) is 0 Å². The highest BCUT2D eigenvalue weighted by atomic mass is 32.1. The number of carbonyl (C=O) groups is 1. The van der Waals surface area contributed by atoms with Gasteiger partial charge >= 0.3 is 0 Å². The lowest BCUT2D eigenvalue weighted by Gasteiger charge is -2.06. The van der Waals surface area contributed by atoms with Gasteiger partial charge in [0.25, 0.3) is 0 Å². The van der Waals surface area contributed by atoms with Crippen LogP contribution < -0.4 is 0 Å². The fourth-order valence-corrected chi connectivity index (χ4v) is 2.79. The number of thiophene rings is 2. The Morgan fingerprint density at radius 2 is 2.21 bits per heavy atom. The zero-order chi connectivity index (χ0) is 9.97. The molecular weight excluding hydrogens is 216 g/mol. The molecule has 0 spiro atoms. The van der Waals surface area contributed by atoms with E-state index in [-0.39, 0.29) is 0 Å². The topological polar surface area (TPSA) is 37.3 Å². The van der Waals surface area contributed by atoms with Crippen LogP contribution >= 0.6 is 22.7 Å². The molecule has 2 heterocycles. The first kappa shape index (κ1) is 9.58. The van der Waals surface area contributed by atoms with Crippen LogP contribution in [0.1, 0.15) is 26.9 Å². The van der Waals surface area contributed by atoms with E-state index in [2.05, 4.69) is 0 Å². The number of aldehydes is 1. The van der Waals surface area contributed by atoms with Crippen molar-refractivity contribution in [1.82, 2.24) is 0 Å². The van der Waals surface area contributed by atoms with Crippen LogP contribution in [-0.2, 0) is 0 Å². The van der Waals surface area contributed by atoms with Gasteiger partial charge in [-0.25, -0.2) is 0 Å². The van der Waals surface area contributed by atoms with E-state index in [4.69, 9.17) is 0 Å². The second-order valence-corrected chi connectivity index (χ2v) is 4.54. The van der Waals surface area contributed by atoms with E-state index in [9.17, 15) is 9.90 Å². The van der Waals surface area contributed by atoms with Gasteiger partial charge in [0.05, 0.1) is 0 Å². The summed E-state index contributed by atoms with van der Waals surface area (Å²) in [4.78, 5) is 11.4. The molecule has 0 saturated heterocycles. The molecule has 4 heteroatoms. The molecule has 2 rings (SSSR count). The Hall–Kier alpha value is -0.970. The molecule has 2 aromatic heterocycles. The molecule has 14 heavy (non-hydrogen) atoms. The number of aliphatic hydroxyl groups is 1. The molecular formula is C10H8O2S2. The fraction of sp³-hybridized carbons (Fsp3) is 0.100. The lowest BCUT2D eigenvalue weighted by Crippen LogP contribution is -1.97. The van der Waals surface area contributed by atoms with Gasteiger partial charge in [0.15, 0.2) is 6.29 Å². The molecule has 1 atom stereocenters. The normalized spacial score (nSPS) is 12.6. The number of rotatable bonds is 3. The first-order valence-corrected chi connectivity index (χ1v) is 5.88. The van der Waals surface area contributed by atoms with Crippen LogP contribution in [-0.4, -0.2) is 11.4 Å². The molecule has 72 valence electrons. The highest BCUT2D eigenvalue weighted by Gasteiger charge is 2.15. The molecule has 0 aliphatic heterocycles. The minimum absolute atomic E-state index is 0.578. The molecule has 1 unspecified atom stereocenters. The van der Waals surface area contributed by atoms with Crippen molar-refractivity contribution in [3.05, 3.63) is 44.3 Å². The van der Waals surface area contributed by atoms with Gasteiger partial charge in [0.2, 0.25) is 0 Å². The number of aliphatic hydroxyl groups excluding tert-OH is 1. The minimum atomic E-state index is -0.665. The van der Waals surface area contributed by atoms with Crippen molar-refractivity contribution in [3.8, 4) is 0 Å². The number of hydrogen-bond acceptors (Lipinski definition) is 4. The van der Waals surface area contributed by atoms with Gasteiger partial charge in [0.1, 0.15) is 6.10 Å². The van der Waals surface area contributed by atoms with E-state index < -0.39 is 6.10 Å². The second-order valence-electron chi connectivity index (χ2n) is 2.82. The van der Waals surface area contributed by atoms with Crippen molar-refractivity contribution < 1.29 is 9.90 Å². The summed E-state index contributed by atoms with van der Waals surface area (Å²) in [5, 5.41) is 15.6. The maximum Gasteiger partial charge on any atom is 0.151 e. The highest BCUT2D eigenvalue weighted by Crippen LogP contribution is 2.29. The Labute approximate surface area is 89.5 Å². The molecule has 0 aliphatic rings. The molecule has 2 aromatic rings. The fourth-order valence-electron chi connectivity index (χ4n) is 1.23. The monoisotopic (exact) mass is 224 g/mol. The van der Waals surface area contributed by atoms with Crippen LogP contribution in [0.2, 0.25) is 0 Å². The van der Waals surface area contributed by atoms with Crippen LogP contribution in [0, 0.1) is 0 Å². The molecule has 0 fully saturated rings. The third-order valence-electron chi connectivity index (χ3n) is 1.96. The second kappa shape index (κ2) is 4.04. The zero-order valence-electron chi connectivity index (χ0n) is 7.21. The van der Waals surface area contributed by atoms with E-state index in [1.165, 1.54) is 22.7 Å². The molecule has 0 amide bonds. The lowest BCUT2D eigenvalue weighted by molar-refractivity contribution is 0.111. The molecule has 1 N–H and O–H groups in total. The number of carbonyl (C=O) groups excluding carboxylic acids is 1. The predicted octanol–water partition coefficient (Wildman–Crippen LogP) is 2.70. The average molecular weight is 224 g/mol. The van der Waals surface area contributed by atoms with Crippen molar-refractivity contribution in [3.63, 3.8) is 0 Å². The zero-order valence-corrected chi connectivity index (χ0v) is 8.85. The first-order valence-electron chi connectivity index (χ1n) is 4.05. The van der Waals surface area contributed by atoms with E-state index in [1.807, 2.05) is 22.2 Å². The van der Waals surface area contributed by atoms with Gasteiger partial charge in [-0.1, -0.05) is 0 Å². The molecule has 0 saturated carbocycles. The van der Waals surface area contributed by atoms with E-state index >= 15 is 0 Å². The Kier molecular flexibility index (Phi) is 2.77. The summed E-state index contributed by atoms with van der Waals surface area (Å²) in [6, 6.07) is 3.59. The summed E-state index contributed by atoms with van der Waals surface area (Å²) in [5.74, 6) is 0. The largest absolute Gasteiger partial charge is 0.383 e. The van der Waals surface area contributed by atoms with Crippen molar-refractivity contribution in [2.45, 2.75) is 6.10 Å². The van der Waals surface area contributed by atoms with Gasteiger partial charge in [-0.15, -0.1) is 11.3 Å². The highest BCUT2D eigenvalue weighted by molar-refractivity contribution is 7.10. The minimum Gasteiger partial charge on any atom is -0.383 e. The van der Waals surface area contributed by atoms with E-state index in [0.29, 0.717) is 5.56 Å². The predicted molar refractivity (Wildman–Crippen MR) is 58.1 cm³/mol. The van der Waals surface area contributed by atoms with Crippen molar-refractivity contribution in [2.75, 3.05) is 0 Å². The van der Waals surface area contributed by atoms with E-state index in [1.54, 1.807) is 6.07 Å². The Balaban J connectivity index is 2.36. The quantitative estimate of drug-likeness (QED) is 0.814. The average Bonchev–Trinajstić information content (AvgIpc) is 2.87. The standard InChI is InChI=1S/C10H8O2S2/c11-5-7-2-4-14-10(7)9(12)8-1-3-13-6-8/h1-6,9,12H. The molecule has 2 nitrogen and oxygen atoms in total. The van der Waals surface area contributed by atoms with Crippen LogP contribution in [0.15, 0.2) is 28.3 Å². The number of hydrogen-bond donors (Lipinski definition) is 1. The van der Waals surface area contributed by atoms with Crippen LogP contribution in [0.5, 0.6) is 0 Å². The summed E-state index contributed by atoms with van der Waals surface area (Å²) >= 11 is 2.94. The third-order valence-corrected chi connectivity index (χ3v) is 3.65. The van der Waals surface area contributed by atoms with E-state index in [0.717, 1.165) is 16.7 Å². The van der Waals surface area contributed by atoms with Gasteiger partial charge in [0, 0.05) is 10.4 Å². The van der Waals surface area contributed by atoms with Gasteiger partial charge < -0.3 is 5.11 Å². The smallest absolute Gasteiger partial charge is 0.151 e. The summed E-state index contributed by atoms with van der Waals surface area (Å²) in [6.07, 6.45) is 0.114. The SMILES string of the molecule is O=Cc1ccsc1C(O)c1ccsc1. The third kappa shape index (κ3) is 1.64. The summed E-state index contributed by atoms with van der Waals surface area (Å²) in [6.45, 7) is 0. The van der Waals surface area contributed by atoms with Gasteiger partial charge in [-0.05, 0) is 33.8 Å². The Bertz CT molecular complexity index is 417. The first-order chi connectivity index (χ1) is 6.83. The lowest BCUT2D eigenvalue weighted by atomic mass is 10.1. The van der Waals surface area contributed by atoms with Crippen molar-refractivity contribution in [2.24, 2.45) is 0 Å². The Morgan fingerprint density at radius 3 is 2.86 bits per heavy atom.